The summed E-state index contributed by atoms with van der Waals surface area (Å²) in [7, 11) is 0. The van der Waals surface area contributed by atoms with Gasteiger partial charge in [0.25, 0.3) is 0 Å². The van der Waals surface area contributed by atoms with E-state index >= 15 is 0 Å². The van der Waals surface area contributed by atoms with Gasteiger partial charge in [0.2, 0.25) is 0 Å². The van der Waals surface area contributed by atoms with Crippen molar-refractivity contribution in [3.63, 3.8) is 0 Å². The first-order valence-corrected chi connectivity index (χ1v) is 8.15. The number of nitrogens with zero attached hydrogens (tertiary/aromatic N) is 2. The summed E-state index contributed by atoms with van der Waals surface area (Å²) >= 11 is 5.99. The smallest absolute Gasteiger partial charge is 0.264 e. The molecule has 0 N–H and O–H groups in total. The molecule has 0 spiro atoms. The van der Waals surface area contributed by atoms with Gasteiger partial charge in [0.05, 0.1) is 22.8 Å². The fourth-order valence-electron chi connectivity index (χ4n) is 3.02. The van der Waals surface area contributed by atoms with Gasteiger partial charge in [-0.1, -0.05) is 48.0 Å². The maximum Gasteiger partial charge on any atom is 0.338 e. The van der Waals surface area contributed by atoms with E-state index in [4.69, 9.17) is 11.6 Å². The van der Waals surface area contributed by atoms with Gasteiger partial charge in [0.1, 0.15) is 0 Å². The summed E-state index contributed by atoms with van der Waals surface area (Å²) in [6.45, 7) is 0. The summed E-state index contributed by atoms with van der Waals surface area (Å²) < 4.78 is 3.52. The normalized spacial score (nSPS) is 12.9. The minimum atomic E-state index is -0.0755. The standard InChI is InChI=1S/C20H15ClN2O/c21-15-11-13-17(14-12-15)23-19-10-6-2-5-9-18(19)22(20(23)24)16-7-3-1-4-8-16/h1-9,11-14H,10H2. The Balaban J connectivity index is 2.03. The van der Waals surface area contributed by atoms with Crippen LogP contribution in [0.15, 0.2) is 77.6 Å². The molecule has 0 amide bonds. The lowest BCUT2D eigenvalue weighted by molar-refractivity contribution is 0.884. The second-order valence-corrected chi connectivity index (χ2v) is 6.03. The van der Waals surface area contributed by atoms with E-state index in [2.05, 4.69) is 6.08 Å². The van der Waals surface area contributed by atoms with Gasteiger partial charge in [-0.25, -0.2) is 4.79 Å². The number of rotatable bonds is 2. The van der Waals surface area contributed by atoms with Crippen molar-refractivity contribution in [1.82, 2.24) is 9.13 Å². The topological polar surface area (TPSA) is 26.9 Å². The highest BCUT2D eigenvalue weighted by Crippen LogP contribution is 2.22. The third-order valence-electron chi connectivity index (χ3n) is 4.10. The van der Waals surface area contributed by atoms with E-state index in [0.717, 1.165) is 22.8 Å². The monoisotopic (exact) mass is 334 g/mol. The molecule has 0 bridgehead atoms. The number of halogens is 1. The van der Waals surface area contributed by atoms with Crippen molar-refractivity contribution < 1.29 is 0 Å². The molecule has 24 heavy (non-hydrogen) atoms. The number of aromatic nitrogens is 2. The second kappa shape index (κ2) is 6.02. The maximum atomic E-state index is 13.2. The summed E-state index contributed by atoms with van der Waals surface area (Å²) in [6.07, 6.45) is 8.71. The number of imidazole rings is 1. The van der Waals surface area contributed by atoms with Gasteiger partial charge in [-0.2, -0.15) is 0 Å². The minimum absolute atomic E-state index is 0.0755. The molecule has 118 valence electrons. The molecule has 1 heterocycles. The van der Waals surface area contributed by atoms with Crippen molar-refractivity contribution in [1.29, 1.82) is 0 Å². The molecule has 0 aliphatic heterocycles. The van der Waals surface area contributed by atoms with Crippen molar-refractivity contribution in [3.8, 4) is 11.4 Å². The minimum Gasteiger partial charge on any atom is -0.264 e. The van der Waals surface area contributed by atoms with Crippen LogP contribution in [0.25, 0.3) is 17.5 Å². The van der Waals surface area contributed by atoms with Gasteiger partial charge in [-0.05, 0) is 42.5 Å². The molecule has 0 atom stereocenters. The van der Waals surface area contributed by atoms with Crippen molar-refractivity contribution in [2.75, 3.05) is 0 Å². The van der Waals surface area contributed by atoms with Crippen LogP contribution in [0.4, 0.5) is 0 Å². The van der Waals surface area contributed by atoms with Crippen LogP contribution in [-0.2, 0) is 6.42 Å². The Morgan fingerprint density at radius 3 is 2.29 bits per heavy atom. The van der Waals surface area contributed by atoms with Crippen molar-refractivity contribution in [3.05, 3.63) is 99.7 Å². The van der Waals surface area contributed by atoms with E-state index in [9.17, 15) is 4.79 Å². The third kappa shape index (κ3) is 2.43. The summed E-state index contributed by atoms with van der Waals surface area (Å²) in [4.78, 5) is 13.2. The fraction of sp³-hybridized carbons (Fsp3) is 0.0500. The molecular formula is C20H15ClN2O. The molecule has 0 saturated carbocycles. The number of hydrogen-bond donors (Lipinski definition) is 0. The van der Waals surface area contributed by atoms with Gasteiger partial charge >= 0.3 is 5.69 Å². The van der Waals surface area contributed by atoms with E-state index in [1.165, 1.54) is 0 Å². The zero-order valence-corrected chi connectivity index (χ0v) is 13.6. The average molecular weight is 335 g/mol. The zero-order chi connectivity index (χ0) is 16.5. The van der Waals surface area contributed by atoms with Crippen LogP contribution in [0.2, 0.25) is 5.02 Å². The molecule has 0 fully saturated rings. The van der Waals surface area contributed by atoms with Crippen molar-refractivity contribution in [2.45, 2.75) is 6.42 Å². The number of fused-ring (bicyclic) bond motifs is 1. The predicted octanol–water partition coefficient (Wildman–Crippen LogP) is 4.41. The molecule has 1 aliphatic carbocycles. The van der Waals surface area contributed by atoms with E-state index in [0.29, 0.717) is 11.4 Å². The molecule has 3 aromatic rings. The lowest BCUT2D eigenvalue weighted by atomic mass is 10.2. The van der Waals surface area contributed by atoms with Gasteiger partial charge < -0.3 is 0 Å². The largest absolute Gasteiger partial charge is 0.338 e. The number of allylic oxidation sites excluding steroid dienone is 3. The van der Waals surface area contributed by atoms with Crippen LogP contribution in [0, 0.1) is 0 Å². The highest BCUT2D eigenvalue weighted by atomic mass is 35.5. The second-order valence-electron chi connectivity index (χ2n) is 5.59. The molecule has 3 nitrogen and oxygen atoms in total. The molecule has 0 unspecified atom stereocenters. The third-order valence-corrected chi connectivity index (χ3v) is 4.35. The summed E-state index contributed by atoms with van der Waals surface area (Å²) in [5.41, 5.74) is 3.48. The van der Waals surface area contributed by atoms with Gasteiger partial charge in [0, 0.05) is 11.4 Å². The quantitative estimate of drug-likeness (QED) is 0.682. The Bertz CT molecular complexity index is 993. The highest BCUT2D eigenvalue weighted by molar-refractivity contribution is 6.30. The Hall–Kier alpha value is -2.78. The summed E-state index contributed by atoms with van der Waals surface area (Å²) in [5, 5.41) is 0.653. The maximum absolute atomic E-state index is 13.2. The Labute approximate surface area is 144 Å². The van der Waals surface area contributed by atoms with Crippen LogP contribution in [0.5, 0.6) is 0 Å². The number of benzene rings is 2. The van der Waals surface area contributed by atoms with Crippen LogP contribution < -0.4 is 5.69 Å². The van der Waals surface area contributed by atoms with E-state index in [1.807, 2.05) is 60.7 Å². The van der Waals surface area contributed by atoms with Gasteiger partial charge in [-0.3, -0.25) is 9.13 Å². The first-order chi connectivity index (χ1) is 11.8. The average Bonchev–Trinajstić information content (AvgIpc) is 2.75. The van der Waals surface area contributed by atoms with Crippen LogP contribution >= 0.6 is 11.6 Å². The molecule has 4 rings (SSSR count). The van der Waals surface area contributed by atoms with Gasteiger partial charge in [0.15, 0.2) is 0 Å². The van der Waals surface area contributed by atoms with Gasteiger partial charge in [-0.15, -0.1) is 0 Å². The van der Waals surface area contributed by atoms with Crippen LogP contribution in [-0.4, -0.2) is 9.13 Å². The molecule has 1 aliphatic rings. The Morgan fingerprint density at radius 2 is 1.54 bits per heavy atom. The van der Waals surface area contributed by atoms with E-state index in [-0.39, 0.29) is 5.69 Å². The number of para-hydroxylation sites is 1. The zero-order valence-electron chi connectivity index (χ0n) is 12.9. The molecule has 0 radical (unpaired) electrons. The fourth-order valence-corrected chi connectivity index (χ4v) is 3.14. The number of hydrogen-bond acceptors (Lipinski definition) is 1. The molecular weight excluding hydrogens is 320 g/mol. The first-order valence-electron chi connectivity index (χ1n) is 7.77. The lowest BCUT2D eigenvalue weighted by Crippen LogP contribution is -2.23. The van der Waals surface area contributed by atoms with Crippen LogP contribution in [0.3, 0.4) is 0 Å². The lowest BCUT2D eigenvalue weighted by Gasteiger charge is -2.06. The van der Waals surface area contributed by atoms with Crippen molar-refractivity contribution in [2.24, 2.45) is 0 Å². The predicted molar refractivity (Wildman–Crippen MR) is 98.3 cm³/mol. The highest BCUT2D eigenvalue weighted by Gasteiger charge is 2.20. The van der Waals surface area contributed by atoms with E-state index in [1.54, 1.807) is 21.3 Å². The SMILES string of the molecule is O=c1n(-c2ccccc2)c2c(n1-c1ccc(Cl)cc1)CC=CC=C2. The molecule has 1 aromatic heterocycles. The van der Waals surface area contributed by atoms with Crippen molar-refractivity contribution >= 4 is 17.7 Å². The molecule has 4 heteroatoms. The molecule has 0 saturated heterocycles. The Kier molecular flexibility index (Phi) is 3.71. The van der Waals surface area contributed by atoms with Crippen LogP contribution in [0.1, 0.15) is 11.4 Å². The summed E-state index contributed by atoms with van der Waals surface area (Å²) in [5.74, 6) is 0. The summed E-state index contributed by atoms with van der Waals surface area (Å²) in [6, 6.07) is 17.1. The Morgan fingerprint density at radius 1 is 0.833 bits per heavy atom. The molecule has 2 aromatic carbocycles. The van der Waals surface area contributed by atoms with E-state index < -0.39 is 0 Å². The first kappa shape index (κ1) is 14.8.